The number of nitrogens with one attached hydrogen (secondary N) is 2. The van der Waals surface area contributed by atoms with E-state index in [1.165, 1.54) is 31.5 Å². The zero-order chi connectivity index (χ0) is 18.9. The third-order valence-electron chi connectivity index (χ3n) is 3.27. The summed E-state index contributed by atoms with van der Waals surface area (Å²) in [4.78, 5) is 26.2. The number of sulfonamides is 1. The minimum Gasteiger partial charge on any atom is -0.507 e. The average molecular weight is 394 g/mol. The zero-order valence-electron chi connectivity index (χ0n) is 13.4. The van der Waals surface area contributed by atoms with Crippen LogP contribution >= 0.6 is 11.8 Å². The van der Waals surface area contributed by atoms with Gasteiger partial charge in [0, 0.05) is 5.69 Å². The molecule has 3 aromatic rings. The summed E-state index contributed by atoms with van der Waals surface area (Å²) in [6, 6.07) is 3.89. The molecule has 0 saturated heterocycles. The Labute approximate surface area is 152 Å². The Balaban J connectivity index is 1.78. The van der Waals surface area contributed by atoms with Gasteiger partial charge >= 0.3 is 0 Å². The molecule has 0 amide bonds. The molecule has 2 heterocycles. The van der Waals surface area contributed by atoms with Crippen LogP contribution in [0.5, 0.6) is 5.75 Å². The summed E-state index contributed by atoms with van der Waals surface area (Å²) < 4.78 is 27.0. The predicted octanol–water partition coefficient (Wildman–Crippen LogP) is 1.33. The molecule has 0 saturated carbocycles. The molecule has 10 nitrogen and oxygen atoms in total. The van der Waals surface area contributed by atoms with Crippen LogP contribution in [0, 0.1) is 0 Å². The molecule has 26 heavy (non-hydrogen) atoms. The maximum Gasteiger partial charge on any atom is 0.242 e. The standard InChI is InChI=1S/C14H14N6O4S2/c1-7(21)9-4-8(2-3-10(9)22)20-26(23,24)6-25-13-11-12(17-5-16-11)18-14(15)19-13/h2-5,20,22H,6H2,1H3,(H3,15,16,17,18,19). The lowest BCUT2D eigenvalue weighted by Gasteiger charge is -2.10. The van der Waals surface area contributed by atoms with Gasteiger partial charge in [-0.25, -0.2) is 18.4 Å². The Morgan fingerprint density at radius 3 is 2.88 bits per heavy atom. The molecule has 2 aromatic heterocycles. The number of nitrogen functional groups attached to an aromatic ring is 1. The van der Waals surface area contributed by atoms with Crippen molar-refractivity contribution in [1.82, 2.24) is 19.9 Å². The summed E-state index contributed by atoms with van der Waals surface area (Å²) in [7, 11) is -3.77. The van der Waals surface area contributed by atoms with Gasteiger partial charge in [0.1, 0.15) is 21.4 Å². The Morgan fingerprint density at radius 1 is 1.38 bits per heavy atom. The van der Waals surface area contributed by atoms with E-state index >= 15 is 0 Å². The predicted molar refractivity (Wildman–Crippen MR) is 97.5 cm³/mol. The van der Waals surface area contributed by atoms with Crippen LogP contribution < -0.4 is 10.5 Å². The number of hydrogen-bond acceptors (Lipinski definition) is 9. The van der Waals surface area contributed by atoms with Gasteiger partial charge in [0.15, 0.2) is 11.4 Å². The third-order valence-corrected chi connectivity index (χ3v) is 6.10. The molecule has 1 aromatic carbocycles. The van der Waals surface area contributed by atoms with E-state index in [0.717, 1.165) is 11.8 Å². The average Bonchev–Trinajstić information content (AvgIpc) is 3.02. The van der Waals surface area contributed by atoms with Crippen LogP contribution in [0.25, 0.3) is 11.2 Å². The molecule has 0 fully saturated rings. The van der Waals surface area contributed by atoms with Gasteiger partial charge in [0.25, 0.3) is 0 Å². The van der Waals surface area contributed by atoms with Crippen molar-refractivity contribution in [1.29, 1.82) is 0 Å². The fourth-order valence-corrected chi connectivity index (χ4v) is 4.39. The normalized spacial score (nSPS) is 11.6. The number of phenols is 1. The number of imidazole rings is 1. The molecule has 0 spiro atoms. The molecule has 0 aliphatic carbocycles. The topological polar surface area (TPSA) is 164 Å². The zero-order valence-corrected chi connectivity index (χ0v) is 15.1. The lowest BCUT2D eigenvalue weighted by atomic mass is 10.1. The van der Waals surface area contributed by atoms with Gasteiger partial charge in [0.2, 0.25) is 16.0 Å². The second kappa shape index (κ2) is 6.80. The highest BCUT2D eigenvalue weighted by molar-refractivity contribution is 8.12. The molecule has 136 valence electrons. The second-order valence-corrected chi connectivity index (χ2v) is 8.31. The number of thioether (sulfide) groups is 1. The van der Waals surface area contributed by atoms with Crippen molar-refractivity contribution in [3.05, 3.63) is 30.1 Å². The van der Waals surface area contributed by atoms with Gasteiger partial charge in [-0.05, 0) is 25.1 Å². The first-order chi connectivity index (χ1) is 12.2. The van der Waals surface area contributed by atoms with E-state index in [1.807, 2.05) is 0 Å². The maximum absolute atomic E-state index is 12.3. The van der Waals surface area contributed by atoms with Gasteiger partial charge in [-0.15, -0.1) is 0 Å². The number of carbonyl (C=O) groups is 1. The van der Waals surface area contributed by atoms with E-state index in [0.29, 0.717) is 16.2 Å². The van der Waals surface area contributed by atoms with E-state index in [9.17, 15) is 18.3 Å². The summed E-state index contributed by atoms with van der Waals surface area (Å²) >= 11 is 0.939. The first-order valence-corrected chi connectivity index (χ1v) is 9.83. The first-order valence-electron chi connectivity index (χ1n) is 7.19. The van der Waals surface area contributed by atoms with Crippen LogP contribution in [-0.2, 0) is 10.0 Å². The Morgan fingerprint density at radius 2 is 2.15 bits per heavy atom. The number of phenolic OH excluding ortho intramolecular Hbond substituents is 1. The van der Waals surface area contributed by atoms with Crippen LogP contribution in [-0.4, -0.2) is 44.3 Å². The van der Waals surface area contributed by atoms with Crippen molar-refractivity contribution < 1.29 is 18.3 Å². The largest absolute Gasteiger partial charge is 0.507 e. The number of aromatic hydroxyl groups is 1. The number of fused-ring (bicyclic) bond motifs is 1. The quantitative estimate of drug-likeness (QED) is 0.209. The van der Waals surface area contributed by atoms with Gasteiger partial charge in [0.05, 0.1) is 11.9 Å². The minimum absolute atomic E-state index is 0.0120. The van der Waals surface area contributed by atoms with Crippen LogP contribution in [0.15, 0.2) is 29.6 Å². The molecule has 12 heteroatoms. The van der Waals surface area contributed by atoms with Crippen LogP contribution in [0.2, 0.25) is 0 Å². The number of ketones is 1. The molecular weight excluding hydrogens is 380 g/mol. The SMILES string of the molecule is CC(=O)c1cc(NS(=O)(=O)CSc2nc(N)nc3nc[nH]c23)ccc1O. The number of carbonyl (C=O) groups excluding carboxylic acids is 1. The Bertz CT molecular complexity index is 1100. The van der Waals surface area contributed by atoms with Gasteiger partial charge in [-0.2, -0.15) is 4.98 Å². The summed E-state index contributed by atoms with van der Waals surface area (Å²) in [5.41, 5.74) is 6.62. The highest BCUT2D eigenvalue weighted by Gasteiger charge is 2.17. The number of H-pyrrole nitrogens is 1. The van der Waals surface area contributed by atoms with Crippen molar-refractivity contribution >= 4 is 50.4 Å². The number of anilines is 2. The molecular formula is C14H14N6O4S2. The molecule has 3 rings (SSSR count). The van der Waals surface area contributed by atoms with E-state index in [4.69, 9.17) is 5.73 Å². The summed E-state index contributed by atoms with van der Waals surface area (Å²) in [5.74, 6) is -0.606. The number of aromatic amines is 1. The number of nitrogens with two attached hydrogens (primary N) is 1. The van der Waals surface area contributed by atoms with Gasteiger partial charge in [-0.1, -0.05) is 11.8 Å². The number of Topliss-reactive ketones (excluding diaryl/α,β-unsaturated/α-hetero) is 1. The number of hydrogen-bond donors (Lipinski definition) is 4. The fraction of sp³-hybridized carbons (Fsp3) is 0.143. The van der Waals surface area contributed by atoms with E-state index in [1.54, 1.807) is 0 Å². The Hall–Kier alpha value is -2.86. The fourth-order valence-electron chi connectivity index (χ4n) is 2.15. The van der Waals surface area contributed by atoms with E-state index in [2.05, 4.69) is 24.7 Å². The van der Waals surface area contributed by atoms with E-state index < -0.39 is 10.0 Å². The maximum atomic E-state index is 12.3. The van der Waals surface area contributed by atoms with Crippen molar-refractivity contribution in [3.8, 4) is 5.75 Å². The van der Waals surface area contributed by atoms with E-state index in [-0.39, 0.29) is 33.8 Å². The molecule has 0 aliphatic heterocycles. The smallest absolute Gasteiger partial charge is 0.242 e. The molecule has 0 bridgehead atoms. The van der Waals surface area contributed by atoms with Crippen molar-refractivity contribution in [3.63, 3.8) is 0 Å². The summed E-state index contributed by atoms with van der Waals surface area (Å²) in [6.45, 7) is 1.28. The first kappa shape index (κ1) is 17.9. The van der Waals surface area contributed by atoms with Crippen molar-refractivity contribution in [2.75, 3.05) is 15.5 Å². The number of nitrogens with zero attached hydrogens (tertiary/aromatic N) is 3. The molecule has 0 unspecified atom stereocenters. The number of rotatable bonds is 6. The summed E-state index contributed by atoms with van der Waals surface area (Å²) in [6.07, 6.45) is 1.41. The molecule has 0 aliphatic rings. The molecule has 0 atom stereocenters. The van der Waals surface area contributed by atoms with Crippen LogP contribution in [0.3, 0.4) is 0 Å². The van der Waals surface area contributed by atoms with Crippen LogP contribution in [0.4, 0.5) is 11.6 Å². The van der Waals surface area contributed by atoms with Gasteiger partial charge in [-0.3, -0.25) is 9.52 Å². The van der Waals surface area contributed by atoms with Crippen molar-refractivity contribution in [2.45, 2.75) is 11.9 Å². The Kier molecular flexibility index (Phi) is 4.70. The lowest BCUT2D eigenvalue weighted by Crippen LogP contribution is -2.15. The van der Waals surface area contributed by atoms with Gasteiger partial charge < -0.3 is 15.8 Å². The van der Waals surface area contributed by atoms with Crippen molar-refractivity contribution in [2.24, 2.45) is 0 Å². The number of aromatic nitrogens is 4. The minimum atomic E-state index is -3.77. The second-order valence-electron chi connectivity index (χ2n) is 5.26. The highest BCUT2D eigenvalue weighted by Crippen LogP contribution is 2.27. The molecule has 0 radical (unpaired) electrons. The summed E-state index contributed by atoms with van der Waals surface area (Å²) in [5, 5.41) is 9.62. The molecule has 5 N–H and O–H groups in total. The third kappa shape index (κ3) is 3.86. The monoisotopic (exact) mass is 394 g/mol. The highest BCUT2D eigenvalue weighted by atomic mass is 32.3. The lowest BCUT2D eigenvalue weighted by molar-refractivity contribution is 0.101. The number of benzene rings is 1. The van der Waals surface area contributed by atoms with Crippen LogP contribution in [0.1, 0.15) is 17.3 Å².